The minimum absolute atomic E-state index is 0.158. The zero-order chi connectivity index (χ0) is 16.6. The summed E-state index contributed by atoms with van der Waals surface area (Å²) >= 11 is 5.75. The highest BCUT2D eigenvalue weighted by Crippen LogP contribution is 2.17. The Balaban J connectivity index is 1.77. The molecule has 0 aliphatic carbocycles. The number of rotatable bonds is 3. The molecule has 0 bridgehead atoms. The van der Waals surface area contributed by atoms with E-state index < -0.39 is 23.4 Å². The number of nitrogens with zero attached hydrogens (tertiary/aromatic N) is 1. The summed E-state index contributed by atoms with van der Waals surface area (Å²) in [7, 11) is 0. The Morgan fingerprint density at radius 1 is 1.17 bits per heavy atom. The molecule has 2 heterocycles. The maximum Gasteiger partial charge on any atom is 0.268 e. The Morgan fingerprint density at radius 2 is 1.96 bits per heavy atom. The second kappa shape index (κ2) is 5.92. The average Bonchev–Trinajstić information content (AvgIpc) is 2.95. The second-order valence-electron chi connectivity index (χ2n) is 4.77. The first-order chi connectivity index (χ1) is 11.0. The topological polar surface area (TPSA) is 57.8 Å². The molecule has 0 atom stereocenters. The highest BCUT2D eigenvalue weighted by atomic mass is 35.5. The van der Waals surface area contributed by atoms with Gasteiger partial charge in [-0.1, -0.05) is 17.7 Å². The van der Waals surface area contributed by atoms with Crippen molar-refractivity contribution in [2.45, 2.75) is 6.54 Å². The highest BCUT2D eigenvalue weighted by Gasteiger charge is 2.15. The van der Waals surface area contributed by atoms with Gasteiger partial charge in [0.05, 0.1) is 0 Å². The molecule has 3 aromatic rings. The van der Waals surface area contributed by atoms with Crippen molar-refractivity contribution in [3.8, 4) is 0 Å². The predicted octanol–water partition coefficient (Wildman–Crippen LogP) is 3.56. The molecule has 0 spiro atoms. The molecule has 2 aromatic heterocycles. The number of fused-ring (bicyclic) bond motifs is 1. The van der Waals surface area contributed by atoms with Crippen LogP contribution in [0.15, 0.2) is 30.3 Å². The number of aromatic amines is 1. The van der Waals surface area contributed by atoms with E-state index in [-0.39, 0.29) is 23.0 Å². The van der Waals surface area contributed by atoms with Gasteiger partial charge in [-0.2, -0.15) is 0 Å². The van der Waals surface area contributed by atoms with E-state index in [2.05, 4.69) is 15.3 Å². The fraction of sp³-hybridized carbons (Fsp3) is 0.0667. The molecule has 0 aliphatic rings. The van der Waals surface area contributed by atoms with Crippen LogP contribution in [0.25, 0.3) is 11.0 Å². The van der Waals surface area contributed by atoms with Gasteiger partial charge in [-0.3, -0.25) is 4.79 Å². The van der Waals surface area contributed by atoms with Crippen LogP contribution >= 0.6 is 11.6 Å². The van der Waals surface area contributed by atoms with E-state index in [0.29, 0.717) is 11.0 Å². The Bertz CT molecular complexity index is 910. The number of halogens is 4. The van der Waals surface area contributed by atoms with Crippen LogP contribution in [-0.4, -0.2) is 15.9 Å². The van der Waals surface area contributed by atoms with Gasteiger partial charge in [-0.15, -0.1) is 0 Å². The Hall–Kier alpha value is -2.54. The molecule has 0 aliphatic heterocycles. The van der Waals surface area contributed by atoms with Crippen molar-refractivity contribution in [1.29, 1.82) is 0 Å². The summed E-state index contributed by atoms with van der Waals surface area (Å²) in [5.74, 6) is -4.71. The fourth-order valence-electron chi connectivity index (χ4n) is 2.08. The van der Waals surface area contributed by atoms with Crippen molar-refractivity contribution in [1.82, 2.24) is 15.3 Å². The van der Waals surface area contributed by atoms with E-state index in [1.54, 1.807) is 18.2 Å². The molecular formula is C15H9ClF3N3O. The van der Waals surface area contributed by atoms with Crippen LogP contribution in [0.3, 0.4) is 0 Å². The Labute approximate surface area is 133 Å². The summed E-state index contributed by atoms with van der Waals surface area (Å²) in [5.41, 5.74) is 0.467. The minimum atomic E-state index is -1.57. The van der Waals surface area contributed by atoms with Gasteiger partial charge in [0, 0.05) is 17.5 Å². The number of pyridine rings is 1. The third-order valence-electron chi connectivity index (χ3n) is 3.24. The van der Waals surface area contributed by atoms with E-state index in [4.69, 9.17) is 11.6 Å². The number of aromatic nitrogens is 2. The highest BCUT2D eigenvalue weighted by molar-refractivity contribution is 6.29. The van der Waals surface area contributed by atoms with E-state index in [9.17, 15) is 18.0 Å². The SMILES string of the molecule is O=C(NCc1ccc(F)c(F)c1F)c1cc2ccc(Cl)nc2[nH]1. The zero-order valence-electron chi connectivity index (χ0n) is 11.5. The standard InChI is InChI=1S/C15H9ClF3N3O/c16-11-4-2-7-5-10(21-14(7)22-11)15(23)20-6-8-1-3-9(17)13(19)12(8)18/h1-5H,6H2,(H,20,23)(H,21,22). The Kier molecular flexibility index (Phi) is 3.96. The first-order valence-corrected chi connectivity index (χ1v) is 6.89. The third kappa shape index (κ3) is 3.00. The fourth-order valence-corrected chi connectivity index (χ4v) is 2.22. The number of H-pyrrole nitrogens is 1. The van der Waals surface area contributed by atoms with Crippen LogP contribution in [0.4, 0.5) is 13.2 Å². The normalized spacial score (nSPS) is 11.0. The van der Waals surface area contributed by atoms with Crippen LogP contribution in [0.5, 0.6) is 0 Å². The van der Waals surface area contributed by atoms with Gasteiger partial charge in [-0.05, 0) is 24.3 Å². The minimum Gasteiger partial charge on any atom is -0.347 e. The van der Waals surface area contributed by atoms with Gasteiger partial charge in [-0.25, -0.2) is 18.2 Å². The van der Waals surface area contributed by atoms with Gasteiger partial charge in [0.25, 0.3) is 5.91 Å². The lowest BCUT2D eigenvalue weighted by Crippen LogP contribution is -2.24. The first kappa shape index (κ1) is 15.4. The van der Waals surface area contributed by atoms with Crippen molar-refractivity contribution < 1.29 is 18.0 Å². The van der Waals surface area contributed by atoms with Crippen LogP contribution in [-0.2, 0) is 6.54 Å². The van der Waals surface area contributed by atoms with Gasteiger partial charge in [0.2, 0.25) is 0 Å². The van der Waals surface area contributed by atoms with Crippen molar-refractivity contribution in [3.63, 3.8) is 0 Å². The third-order valence-corrected chi connectivity index (χ3v) is 3.46. The summed E-state index contributed by atoms with van der Waals surface area (Å²) in [5, 5.41) is 3.37. The largest absolute Gasteiger partial charge is 0.347 e. The average molecular weight is 340 g/mol. The summed E-state index contributed by atoms with van der Waals surface area (Å²) in [6.45, 7) is -0.286. The molecule has 0 saturated carbocycles. The molecule has 0 fully saturated rings. The van der Waals surface area contributed by atoms with Crippen LogP contribution in [0, 0.1) is 17.5 Å². The zero-order valence-corrected chi connectivity index (χ0v) is 12.2. The number of nitrogens with one attached hydrogen (secondary N) is 2. The van der Waals surface area contributed by atoms with E-state index in [0.717, 1.165) is 12.1 Å². The van der Waals surface area contributed by atoms with Gasteiger partial charge >= 0.3 is 0 Å². The molecule has 118 valence electrons. The number of benzene rings is 1. The van der Waals surface area contributed by atoms with Gasteiger partial charge in [0.1, 0.15) is 16.5 Å². The molecule has 23 heavy (non-hydrogen) atoms. The Morgan fingerprint density at radius 3 is 2.74 bits per heavy atom. The van der Waals surface area contributed by atoms with Crippen molar-refractivity contribution in [2.75, 3.05) is 0 Å². The second-order valence-corrected chi connectivity index (χ2v) is 5.16. The molecule has 1 amide bonds. The van der Waals surface area contributed by atoms with Gasteiger partial charge < -0.3 is 10.3 Å². The monoisotopic (exact) mass is 339 g/mol. The smallest absolute Gasteiger partial charge is 0.268 e. The van der Waals surface area contributed by atoms with Gasteiger partial charge in [0.15, 0.2) is 17.5 Å². The molecule has 2 N–H and O–H groups in total. The molecule has 4 nitrogen and oxygen atoms in total. The number of hydrogen-bond acceptors (Lipinski definition) is 2. The molecule has 3 rings (SSSR count). The van der Waals surface area contributed by atoms with Crippen molar-refractivity contribution >= 4 is 28.5 Å². The van der Waals surface area contributed by atoms with E-state index in [1.165, 1.54) is 0 Å². The molecule has 0 saturated heterocycles. The van der Waals surface area contributed by atoms with Crippen molar-refractivity contribution in [2.24, 2.45) is 0 Å². The first-order valence-electron chi connectivity index (χ1n) is 6.51. The number of carbonyl (C=O) groups is 1. The molecular weight excluding hydrogens is 331 g/mol. The number of amides is 1. The van der Waals surface area contributed by atoms with Crippen LogP contribution in [0.1, 0.15) is 16.1 Å². The van der Waals surface area contributed by atoms with Crippen LogP contribution in [0.2, 0.25) is 5.15 Å². The summed E-state index contributed by atoms with van der Waals surface area (Å²) < 4.78 is 39.5. The maximum atomic E-state index is 13.5. The molecule has 0 radical (unpaired) electrons. The quantitative estimate of drug-likeness (QED) is 0.566. The van der Waals surface area contributed by atoms with E-state index >= 15 is 0 Å². The van der Waals surface area contributed by atoms with E-state index in [1.807, 2.05) is 0 Å². The summed E-state index contributed by atoms with van der Waals surface area (Å²) in [6.07, 6.45) is 0. The summed E-state index contributed by atoms with van der Waals surface area (Å²) in [4.78, 5) is 18.8. The number of carbonyl (C=O) groups excluding carboxylic acids is 1. The maximum absolute atomic E-state index is 13.5. The molecule has 1 aromatic carbocycles. The number of hydrogen-bond donors (Lipinski definition) is 2. The van der Waals surface area contributed by atoms with Crippen molar-refractivity contribution in [3.05, 3.63) is 64.2 Å². The molecule has 0 unspecified atom stereocenters. The lowest BCUT2D eigenvalue weighted by atomic mass is 10.2. The predicted molar refractivity (Wildman–Crippen MR) is 78.6 cm³/mol. The lowest BCUT2D eigenvalue weighted by molar-refractivity contribution is 0.0946. The van der Waals surface area contributed by atoms with Crippen LogP contribution < -0.4 is 5.32 Å². The summed E-state index contributed by atoms with van der Waals surface area (Å²) in [6, 6.07) is 6.69. The lowest BCUT2D eigenvalue weighted by Gasteiger charge is -2.06. The molecule has 8 heteroatoms.